The minimum Gasteiger partial charge on any atom is -0.325 e. The molecule has 0 saturated heterocycles. The molecule has 3 heteroatoms. The topological polar surface area (TPSA) is 55.1 Å². The van der Waals surface area contributed by atoms with Crippen molar-refractivity contribution in [1.82, 2.24) is 0 Å². The first-order chi connectivity index (χ1) is 8.58. The predicted molar refractivity (Wildman–Crippen MR) is 74.5 cm³/mol. The summed E-state index contributed by atoms with van der Waals surface area (Å²) >= 11 is 0. The molecule has 2 rings (SSSR count). The van der Waals surface area contributed by atoms with Crippen molar-refractivity contribution in [3.8, 4) is 0 Å². The molecule has 0 fully saturated rings. The van der Waals surface area contributed by atoms with E-state index >= 15 is 0 Å². The molecule has 1 amide bonds. The van der Waals surface area contributed by atoms with Crippen LogP contribution in [0.3, 0.4) is 0 Å². The first kappa shape index (κ1) is 13.1. The summed E-state index contributed by atoms with van der Waals surface area (Å²) in [5.74, 6) is 0.555. The molecule has 98 valence electrons. The van der Waals surface area contributed by atoms with Crippen LogP contribution in [0.4, 0.5) is 5.69 Å². The average molecular weight is 246 g/mol. The number of hydrogen-bond donors (Lipinski definition) is 2. The Labute approximate surface area is 109 Å². The van der Waals surface area contributed by atoms with Gasteiger partial charge in [0.15, 0.2) is 0 Å². The minimum atomic E-state index is -0.0101. The Morgan fingerprint density at radius 1 is 1.39 bits per heavy atom. The van der Waals surface area contributed by atoms with Crippen LogP contribution in [0.2, 0.25) is 0 Å². The van der Waals surface area contributed by atoms with E-state index in [1.165, 1.54) is 0 Å². The first-order valence-corrected chi connectivity index (χ1v) is 6.78. The zero-order valence-corrected chi connectivity index (χ0v) is 11.4. The lowest BCUT2D eigenvalue weighted by Crippen LogP contribution is -2.18. The first-order valence-electron chi connectivity index (χ1n) is 6.78. The fourth-order valence-electron chi connectivity index (χ4n) is 2.54. The number of hydrogen-bond acceptors (Lipinski definition) is 2. The fourth-order valence-corrected chi connectivity index (χ4v) is 2.54. The monoisotopic (exact) mass is 246 g/mol. The lowest BCUT2D eigenvalue weighted by Gasteiger charge is -2.19. The molecular formula is C15H22N2O. The maximum Gasteiger partial charge on any atom is 0.231 e. The summed E-state index contributed by atoms with van der Waals surface area (Å²) in [5, 5.41) is 2.93. The second-order valence-electron chi connectivity index (χ2n) is 5.21. The van der Waals surface area contributed by atoms with Crippen molar-refractivity contribution in [2.75, 3.05) is 5.32 Å². The summed E-state index contributed by atoms with van der Waals surface area (Å²) in [6.45, 7) is 6.36. The SMILES string of the molecule is CCC1C(=O)Nc2ccc(C(N)C(C)CC)cc21. The van der Waals surface area contributed by atoms with E-state index in [0.717, 1.165) is 29.7 Å². The Morgan fingerprint density at radius 3 is 2.72 bits per heavy atom. The van der Waals surface area contributed by atoms with Crippen molar-refractivity contribution in [3.05, 3.63) is 29.3 Å². The molecule has 0 aliphatic carbocycles. The molecule has 3 unspecified atom stereocenters. The Balaban J connectivity index is 2.33. The Morgan fingerprint density at radius 2 is 2.11 bits per heavy atom. The van der Waals surface area contributed by atoms with Gasteiger partial charge in [0.05, 0.1) is 5.92 Å². The highest BCUT2D eigenvalue weighted by Gasteiger charge is 2.29. The smallest absolute Gasteiger partial charge is 0.231 e. The molecule has 3 N–H and O–H groups in total. The molecule has 0 spiro atoms. The second kappa shape index (κ2) is 5.11. The van der Waals surface area contributed by atoms with E-state index < -0.39 is 0 Å². The summed E-state index contributed by atoms with van der Waals surface area (Å²) in [6, 6.07) is 6.18. The van der Waals surface area contributed by atoms with Gasteiger partial charge in [0.1, 0.15) is 0 Å². The molecule has 0 bridgehead atoms. The van der Waals surface area contributed by atoms with Crippen molar-refractivity contribution in [2.24, 2.45) is 11.7 Å². The molecule has 3 atom stereocenters. The zero-order chi connectivity index (χ0) is 13.3. The summed E-state index contributed by atoms with van der Waals surface area (Å²) in [4.78, 5) is 11.8. The largest absolute Gasteiger partial charge is 0.325 e. The van der Waals surface area contributed by atoms with E-state index in [9.17, 15) is 4.79 Å². The van der Waals surface area contributed by atoms with Gasteiger partial charge in [-0.05, 0) is 29.5 Å². The molecule has 0 aromatic heterocycles. The average Bonchev–Trinajstić information content (AvgIpc) is 2.71. The summed E-state index contributed by atoms with van der Waals surface area (Å²) in [6.07, 6.45) is 1.90. The minimum absolute atomic E-state index is 0.0101. The van der Waals surface area contributed by atoms with Crippen LogP contribution in [0.5, 0.6) is 0 Å². The van der Waals surface area contributed by atoms with Gasteiger partial charge in [-0.1, -0.05) is 39.3 Å². The number of anilines is 1. The Bertz CT molecular complexity index is 456. The second-order valence-corrected chi connectivity index (χ2v) is 5.21. The summed E-state index contributed by atoms with van der Waals surface area (Å²) in [7, 11) is 0. The van der Waals surface area contributed by atoms with E-state index in [2.05, 4.69) is 25.2 Å². The predicted octanol–water partition coefficient (Wildman–Crippen LogP) is 3.18. The fraction of sp³-hybridized carbons (Fsp3) is 0.533. The van der Waals surface area contributed by atoms with Crippen molar-refractivity contribution in [1.29, 1.82) is 0 Å². The zero-order valence-electron chi connectivity index (χ0n) is 11.4. The van der Waals surface area contributed by atoms with Crippen LogP contribution in [0.15, 0.2) is 18.2 Å². The molecule has 1 aromatic carbocycles. The van der Waals surface area contributed by atoms with Crippen LogP contribution in [0.1, 0.15) is 56.7 Å². The van der Waals surface area contributed by atoms with Gasteiger partial charge in [-0.15, -0.1) is 0 Å². The van der Waals surface area contributed by atoms with Crippen LogP contribution in [-0.2, 0) is 4.79 Å². The highest BCUT2D eigenvalue weighted by molar-refractivity contribution is 6.02. The third kappa shape index (κ3) is 2.15. The number of nitrogens with one attached hydrogen (secondary N) is 1. The van der Waals surface area contributed by atoms with Gasteiger partial charge >= 0.3 is 0 Å². The van der Waals surface area contributed by atoms with Crippen molar-refractivity contribution < 1.29 is 4.79 Å². The van der Waals surface area contributed by atoms with E-state index in [1.54, 1.807) is 0 Å². The number of benzene rings is 1. The van der Waals surface area contributed by atoms with Gasteiger partial charge in [0.2, 0.25) is 5.91 Å². The highest BCUT2D eigenvalue weighted by Crippen LogP contribution is 2.36. The normalized spacial score (nSPS) is 21.3. The van der Waals surface area contributed by atoms with Crippen molar-refractivity contribution >= 4 is 11.6 Å². The van der Waals surface area contributed by atoms with E-state index in [0.29, 0.717) is 5.92 Å². The van der Waals surface area contributed by atoms with E-state index in [-0.39, 0.29) is 17.9 Å². The summed E-state index contributed by atoms with van der Waals surface area (Å²) in [5.41, 5.74) is 9.46. The molecule has 1 aliphatic heterocycles. The van der Waals surface area contributed by atoms with Gasteiger partial charge in [0.25, 0.3) is 0 Å². The highest BCUT2D eigenvalue weighted by atomic mass is 16.2. The number of nitrogens with two attached hydrogens (primary N) is 1. The van der Waals surface area contributed by atoms with E-state index in [4.69, 9.17) is 5.73 Å². The molecule has 1 heterocycles. The molecule has 18 heavy (non-hydrogen) atoms. The molecule has 1 aliphatic rings. The van der Waals surface area contributed by atoms with Crippen LogP contribution in [-0.4, -0.2) is 5.91 Å². The number of carbonyl (C=O) groups is 1. The Kier molecular flexibility index (Phi) is 3.71. The molecule has 0 saturated carbocycles. The van der Waals surface area contributed by atoms with Gasteiger partial charge < -0.3 is 11.1 Å². The van der Waals surface area contributed by atoms with Gasteiger partial charge in [-0.2, -0.15) is 0 Å². The van der Waals surface area contributed by atoms with Crippen LogP contribution in [0, 0.1) is 5.92 Å². The quantitative estimate of drug-likeness (QED) is 0.857. The van der Waals surface area contributed by atoms with Crippen molar-refractivity contribution in [2.45, 2.75) is 45.6 Å². The van der Waals surface area contributed by atoms with Crippen molar-refractivity contribution in [3.63, 3.8) is 0 Å². The third-order valence-corrected chi connectivity index (χ3v) is 4.08. The van der Waals surface area contributed by atoms with E-state index in [1.807, 2.05) is 19.1 Å². The maximum atomic E-state index is 11.8. The number of fused-ring (bicyclic) bond motifs is 1. The third-order valence-electron chi connectivity index (χ3n) is 4.08. The molecular weight excluding hydrogens is 224 g/mol. The molecule has 3 nitrogen and oxygen atoms in total. The van der Waals surface area contributed by atoms with Gasteiger partial charge in [-0.25, -0.2) is 0 Å². The lowest BCUT2D eigenvalue weighted by atomic mass is 9.89. The molecule has 0 radical (unpaired) electrons. The van der Waals surface area contributed by atoms with Crippen LogP contribution >= 0.6 is 0 Å². The maximum absolute atomic E-state index is 11.8. The Hall–Kier alpha value is -1.35. The summed E-state index contributed by atoms with van der Waals surface area (Å²) < 4.78 is 0. The van der Waals surface area contributed by atoms with Gasteiger partial charge in [0, 0.05) is 11.7 Å². The standard InChI is InChI=1S/C15H22N2O/c1-4-9(3)14(16)10-6-7-13-12(8-10)11(5-2)15(18)17-13/h6-9,11,14H,4-5,16H2,1-3H3,(H,17,18). The van der Waals surface area contributed by atoms with Crippen LogP contribution in [0.25, 0.3) is 0 Å². The number of rotatable bonds is 4. The molecule has 1 aromatic rings. The number of amides is 1. The van der Waals surface area contributed by atoms with Crippen LogP contribution < -0.4 is 11.1 Å². The lowest BCUT2D eigenvalue weighted by molar-refractivity contribution is -0.117. The van der Waals surface area contributed by atoms with Gasteiger partial charge in [-0.3, -0.25) is 4.79 Å². The number of carbonyl (C=O) groups excluding carboxylic acids is 1.